The smallest absolute Gasteiger partial charge is 0.307 e. The lowest BCUT2D eigenvalue weighted by molar-refractivity contribution is -0.140. The van der Waals surface area contributed by atoms with Crippen molar-refractivity contribution in [3.63, 3.8) is 0 Å². The van der Waals surface area contributed by atoms with Gasteiger partial charge in [-0.1, -0.05) is 12.1 Å². The van der Waals surface area contributed by atoms with Crippen LogP contribution in [0.5, 0.6) is 0 Å². The third-order valence-electron chi connectivity index (χ3n) is 2.28. The van der Waals surface area contributed by atoms with Crippen molar-refractivity contribution in [2.45, 2.75) is 6.42 Å². The van der Waals surface area contributed by atoms with Gasteiger partial charge in [0, 0.05) is 19.3 Å². The van der Waals surface area contributed by atoms with Crippen molar-refractivity contribution < 1.29 is 14.3 Å². The standard InChI is InChI=1S/C12H16N2O3/c1-13-10-6-4-3-5-9(10)12(16)14-8-7-11(15)17-2/h3-6,13H,7-8H2,1-2H3,(H,14,16). The summed E-state index contributed by atoms with van der Waals surface area (Å²) in [5.41, 5.74) is 1.31. The highest BCUT2D eigenvalue weighted by atomic mass is 16.5. The van der Waals surface area contributed by atoms with Gasteiger partial charge in [0.15, 0.2) is 0 Å². The van der Waals surface area contributed by atoms with Crippen LogP contribution < -0.4 is 10.6 Å². The van der Waals surface area contributed by atoms with Gasteiger partial charge in [0.1, 0.15) is 0 Å². The number of benzene rings is 1. The minimum absolute atomic E-state index is 0.171. The van der Waals surface area contributed by atoms with Gasteiger partial charge in [-0.2, -0.15) is 0 Å². The molecule has 1 rings (SSSR count). The topological polar surface area (TPSA) is 67.4 Å². The summed E-state index contributed by atoms with van der Waals surface area (Å²) in [6.07, 6.45) is 0.171. The van der Waals surface area contributed by atoms with Gasteiger partial charge in [-0.15, -0.1) is 0 Å². The molecule has 0 aliphatic carbocycles. The zero-order valence-corrected chi connectivity index (χ0v) is 9.95. The van der Waals surface area contributed by atoms with E-state index in [2.05, 4.69) is 15.4 Å². The van der Waals surface area contributed by atoms with Gasteiger partial charge in [-0.05, 0) is 12.1 Å². The summed E-state index contributed by atoms with van der Waals surface area (Å²) in [5.74, 6) is -0.550. The van der Waals surface area contributed by atoms with E-state index in [1.54, 1.807) is 19.2 Å². The van der Waals surface area contributed by atoms with Crippen LogP contribution in [-0.2, 0) is 9.53 Å². The van der Waals surface area contributed by atoms with Crippen LogP contribution in [-0.4, -0.2) is 32.6 Å². The summed E-state index contributed by atoms with van der Waals surface area (Å²) in [7, 11) is 3.07. The Labute approximate surface area is 100 Å². The van der Waals surface area contributed by atoms with E-state index < -0.39 is 0 Å². The molecular weight excluding hydrogens is 220 g/mol. The quantitative estimate of drug-likeness (QED) is 0.749. The second kappa shape index (κ2) is 6.52. The van der Waals surface area contributed by atoms with E-state index in [1.807, 2.05) is 12.1 Å². The lowest BCUT2D eigenvalue weighted by Gasteiger charge is -2.09. The summed E-state index contributed by atoms with van der Waals surface area (Å²) >= 11 is 0. The molecule has 1 aromatic carbocycles. The highest BCUT2D eigenvalue weighted by Gasteiger charge is 2.09. The van der Waals surface area contributed by atoms with Gasteiger partial charge >= 0.3 is 5.97 Å². The van der Waals surface area contributed by atoms with Crippen LogP contribution in [0.3, 0.4) is 0 Å². The maximum absolute atomic E-state index is 11.8. The lowest BCUT2D eigenvalue weighted by atomic mass is 10.1. The highest BCUT2D eigenvalue weighted by molar-refractivity contribution is 5.99. The number of ether oxygens (including phenoxy) is 1. The number of rotatable bonds is 5. The fourth-order valence-corrected chi connectivity index (χ4v) is 1.37. The second-order valence-corrected chi connectivity index (χ2v) is 3.38. The molecule has 17 heavy (non-hydrogen) atoms. The Morgan fingerprint density at radius 3 is 2.65 bits per heavy atom. The normalized spacial score (nSPS) is 9.53. The molecule has 1 aromatic rings. The molecule has 0 saturated heterocycles. The number of para-hydroxylation sites is 1. The molecule has 5 nitrogen and oxygen atoms in total. The van der Waals surface area contributed by atoms with Crippen molar-refractivity contribution in [1.82, 2.24) is 5.32 Å². The zero-order valence-electron chi connectivity index (χ0n) is 9.95. The molecular formula is C12H16N2O3. The Morgan fingerprint density at radius 2 is 2.00 bits per heavy atom. The molecule has 0 unspecified atom stereocenters. The summed E-state index contributed by atoms with van der Waals surface area (Å²) in [6, 6.07) is 7.17. The Hall–Kier alpha value is -2.04. The minimum Gasteiger partial charge on any atom is -0.469 e. The molecule has 0 aromatic heterocycles. The van der Waals surface area contributed by atoms with Gasteiger partial charge in [0.25, 0.3) is 5.91 Å². The van der Waals surface area contributed by atoms with Crippen molar-refractivity contribution in [3.05, 3.63) is 29.8 Å². The molecule has 0 bridgehead atoms. The third-order valence-corrected chi connectivity index (χ3v) is 2.28. The van der Waals surface area contributed by atoms with Crippen LogP contribution in [0.4, 0.5) is 5.69 Å². The maximum atomic E-state index is 11.8. The molecule has 0 radical (unpaired) electrons. The van der Waals surface area contributed by atoms with Crippen LogP contribution >= 0.6 is 0 Å². The highest BCUT2D eigenvalue weighted by Crippen LogP contribution is 2.13. The van der Waals surface area contributed by atoms with Crippen LogP contribution in [0.15, 0.2) is 24.3 Å². The van der Waals surface area contributed by atoms with Gasteiger partial charge < -0.3 is 15.4 Å². The summed E-state index contributed by atoms with van der Waals surface area (Å²) in [4.78, 5) is 22.7. The van der Waals surface area contributed by atoms with E-state index in [9.17, 15) is 9.59 Å². The average molecular weight is 236 g/mol. The Kier molecular flexibility index (Phi) is 5.00. The lowest BCUT2D eigenvalue weighted by Crippen LogP contribution is -2.26. The average Bonchev–Trinajstić information content (AvgIpc) is 2.38. The first-order chi connectivity index (χ1) is 8.19. The Morgan fingerprint density at radius 1 is 1.29 bits per heavy atom. The molecule has 5 heteroatoms. The van der Waals surface area contributed by atoms with E-state index in [0.717, 1.165) is 5.69 Å². The molecule has 1 amide bonds. The number of carbonyl (C=O) groups is 2. The van der Waals surface area contributed by atoms with Gasteiger partial charge in [0.2, 0.25) is 0 Å². The molecule has 0 fully saturated rings. The van der Waals surface area contributed by atoms with Crippen LogP contribution in [0.1, 0.15) is 16.8 Å². The first-order valence-electron chi connectivity index (χ1n) is 5.31. The van der Waals surface area contributed by atoms with E-state index >= 15 is 0 Å². The zero-order chi connectivity index (χ0) is 12.7. The van der Waals surface area contributed by atoms with Gasteiger partial charge in [-0.25, -0.2) is 0 Å². The third kappa shape index (κ3) is 3.79. The fourth-order valence-electron chi connectivity index (χ4n) is 1.37. The van der Waals surface area contributed by atoms with Gasteiger partial charge in [-0.3, -0.25) is 9.59 Å². The number of nitrogens with one attached hydrogen (secondary N) is 2. The summed E-state index contributed by atoms with van der Waals surface area (Å²) < 4.78 is 4.48. The fraction of sp³-hybridized carbons (Fsp3) is 0.333. The summed E-state index contributed by atoms with van der Waals surface area (Å²) in [6.45, 7) is 0.267. The van der Waals surface area contributed by atoms with E-state index in [0.29, 0.717) is 5.56 Å². The predicted octanol–water partition coefficient (Wildman–Crippen LogP) is 1.02. The van der Waals surface area contributed by atoms with E-state index in [1.165, 1.54) is 7.11 Å². The van der Waals surface area contributed by atoms with Crippen molar-refractivity contribution in [2.75, 3.05) is 26.0 Å². The predicted molar refractivity (Wildman–Crippen MR) is 65.0 cm³/mol. The monoisotopic (exact) mass is 236 g/mol. The van der Waals surface area contributed by atoms with Crippen LogP contribution in [0.25, 0.3) is 0 Å². The van der Waals surface area contributed by atoms with Crippen molar-refractivity contribution in [2.24, 2.45) is 0 Å². The maximum Gasteiger partial charge on any atom is 0.307 e. The number of hydrogen-bond acceptors (Lipinski definition) is 4. The number of anilines is 1. The van der Waals surface area contributed by atoms with Crippen molar-refractivity contribution in [3.8, 4) is 0 Å². The van der Waals surface area contributed by atoms with Crippen molar-refractivity contribution in [1.29, 1.82) is 0 Å². The first-order valence-corrected chi connectivity index (χ1v) is 5.31. The number of hydrogen-bond donors (Lipinski definition) is 2. The van der Waals surface area contributed by atoms with Crippen LogP contribution in [0.2, 0.25) is 0 Å². The molecule has 0 aliphatic rings. The molecule has 0 atom stereocenters. The number of amides is 1. The Balaban J connectivity index is 2.55. The molecule has 2 N–H and O–H groups in total. The van der Waals surface area contributed by atoms with Crippen LogP contribution in [0, 0.1) is 0 Å². The molecule has 0 heterocycles. The Bertz CT molecular complexity index is 404. The van der Waals surface area contributed by atoms with E-state index in [-0.39, 0.29) is 24.8 Å². The first kappa shape index (κ1) is 13.0. The summed E-state index contributed by atoms with van der Waals surface area (Å²) in [5, 5.41) is 5.59. The number of methoxy groups -OCH3 is 1. The molecule has 0 aliphatic heterocycles. The number of esters is 1. The number of carbonyl (C=O) groups excluding carboxylic acids is 2. The molecule has 92 valence electrons. The molecule has 0 saturated carbocycles. The van der Waals surface area contributed by atoms with E-state index in [4.69, 9.17) is 0 Å². The molecule has 0 spiro atoms. The van der Waals surface area contributed by atoms with Gasteiger partial charge in [0.05, 0.1) is 19.1 Å². The SMILES string of the molecule is CNc1ccccc1C(=O)NCCC(=O)OC. The minimum atomic E-state index is -0.341. The second-order valence-electron chi connectivity index (χ2n) is 3.38. The van der Waals surface area contributed by atoms with Crippen molar-refractivity contribution >= 4 is 17.6 Å². The largest absolute Gasteiger partial charge is 0.469 e.